The zero-order chi connectivity index (χ0) is 22.8. The minimum atomic E-state index is -0.273. The molecule has 8 heteroatoms. The highest BCUT2D eigenvalue weighted by Crippen LogP contribution is 2.27. The maximum atomic E-state index is 13.1. The number of halogens is 1. The van der Waals surface area contributed by atoms with Crippen LogP contribution >= 0.6 is 0 Å². The topological polar surface area (TPSA) is 81.2 Å². The van der Waals surface area contributed by atoms with Gasteiger partial charge >= 0.3 is 0 Å². The lowest BCUT2D eigenvalue weighted by molar-refractivity contribution is -0.133. The van der Waals surface area contributed by atoms with Crippen molar-refractivity contribution in [2.45, 2.75) is 31.7 Å². The van der Waals surface area contributed by atoms with Crippen molar-refractivity contribution < 1.29 is 13.6 Å². The number of benzene rings is 2. The lowest BCUT2D eigenvalue weighted by atomic mass is 9.98. The molecule has 0 saturated carbocycles. The molecule has 0 radical (unpaired) electrons. The van der Waals surface area contributed by atoms with Crippen molar-refractivity contribution in [2.24, 2.45) is 0 Å². The Labute approximate surface area is 189 Å². The average molecular weight is 446 g/mol. The Morgan fingerprint density at radius 3 is 2.79 bits per heavy atom. The second kappa shape index (κ2) is 8.97. The number of oxazole rings is 1. The first-order valence-electron chi connectivity index (χ1n) is 11.0. The van der Waals surface area contributed by atoms with Crippen LogP contribution < -0.4 is 5.56 Å². The van der Waals surface area contributed by atoms with E-state index in [9.17, 15) is 14.0 Å². The molecule has 0 aliphatic carbocycles. The van der Waals surface area contributed by atoms with Crippen LogP contribution in [0.15, 0.2) is 70.1 Å². The molecule has 1 atom stereocenters. The first-order chi connectivity index (χ1) is 16.1. The minimum Gasteiger partial charge on any atom is -0.445 e. The minimum absolute atomic E-state index is 0.00838. The highest BCUT2D eigenvalue weighted by atomic mass is 19.1. The van der Waals surface area contributed by atoms with Gasteiger partial charge in [-0.05, 0) is 36.6 Å². The fourth-order valence-corrected chi connectivity index (χ4v) is 4.27. The van der Waals surface area contributed by atoms with Crippen LogP contribution in [-0.4, -0.2) is 38.7 Å². The number of carbonyl (C=O) groups excluding carboxylic acids is 1. The van der Waals surface area contributed by atoms with Crippen LogP contribution in [0.2, 0.25) is 0 Å². The van der Waals surface area contributed by atoms with Gasteiger partial charge in [0.25, 0.3) is 5.56 Å². The van der Waals surface area contributed by atoms with E-state index in [0.29, 0.717) is 36.5 Å². The molecule has 1 amide bonds. The Hall–Kier alpha value is -3.81. The number of piperidine rings is 1. The molecule has 1 aliphatic heterocycles. The SMILES string of the molecule is O=C(Cn1ncc2ccccc2c1=O)N1CCC[C@@H](c2ncc(Cc3ccc(F)cc3)o2)C1. The molecule has 2 aromatic heterocycles. The van der Waals surface area contributed by atoms with Crippen molar-refractivity contribution in [1.82, 2.24) is 19.7 Å². The number of rotatable bonds is 5. The Morgan fingerprint density at radius 2 is 1.94 bits per heavy atom. The average Bonchev–Trinajstić information content (AvgIpc) is 3.31. The number of hydrogen-bond donors (Lipinski definition) is 0. The van der Waals surface area contributed by atoms with Gasteiger partial charge in [0, 0.05) is 24.9 Å². The van der Waals surface area contributed by atoms with Gasteiger partial charge in [0.05, 0.1) is 23.7 Å². The van der Waals surface area contributed by atoms with Gasteiger partial charge in [0.15, 0.2) is 5.89 Å². The summed E-state index contributed by atoms with van der Waals surface area (Å²) in [6.07, 6.45) is 5.52. The van der Waals surface area contributed by atoms with Crippen molar-refractivity contribution in [2.75, 3.05) is 13.1 Å². The van der Waals surface area contributed by atoms with Gasteiger partial charge in [-0.1, -0.05) is 30.3 Å². The second-order valence-electron chi connectivity index (χ2n) is 8.34. The van der Waals surface area contributed by atoms with Crippen molar-refractivity contribution >= 4 is 16.7 Å². The standard InChI is InChI=1S/C25H23FN4O3/c26-20-9-7-17(8-10-20)12-21-14-27-24(33-21)19-5-3-11-29(15-19)23(31)16-30-25(32)22-6-2-1-4-18(22)13-28-30/h1-2,4,6-10,13-14,19H,3,5,11-12,15-16H2/t19-/m1/s1. The monoisotopic (exact) mass is 446 g/mol. The summed E-state index contributed by atoms with van der Waals surface area (Å²) in [5.41, 5.74) is 0.668. The molecule has 168 valence electrons. The van der Waals surface area contributed by atoms with E-state index in [0.717, 1.165) is 23.8 Å². The third kappa shape index (κ3) is 4.55. The molecule has 4 aromatic rings. The van der Waals surface area contributed by atoms with Crippen LogP contribution in [0.25, 0.3) is 10.8 Å². The summed E-state index contributed by atoms with van der Waals surface area (Å²) in [5.74, 6) is 0.872. The highest BCUT2D eigenvalue weighted by Gasteiger charge is 2.28. The van der Waals surface area contributed by atoms with E-state index in [4.69, 9.17) is 4.42 Å². The summed E-state index contributed by atoms with van der Waals surface area (Å²) in [4.78, 5) is 31.8. The molecule has 0 N–H and O–H groups in total. The third-order valence-corrected chi connectivity index (χ3v) is 6.03. The van der Waals surface area contributed by atoms with Crippen LogP contribution in [0, 0.1) is 5.82 Å². The Morgan fingerprint density at radius 1 is 1.12 bits per heavy atom. The molecule has 1 saturated heterocycles. The molecule has 0 spiro atoms. The third-order valence-electron chi connectivity index (χ3n) is 6.03. The molecule has 1 fully saturated rings. The summed E-state index contributed by atoms with van der Waals surface area (Å²) in [7, 11) is 0. The summed E-state index contributed by atoms with van der Waals surface area (Å²) in [6, 6.07) is 13.5. The number of carbonyl (C=O) groups is 1. The smallest absolute Gasteiger partial charge is 0.275 e. The normalized spacial score (nSPS) is 16.3. The van der Waals surface area contributed by atoms with Crippen LogP contribution in [-0.2, 0) is 17.8 Å². The Kier molecular flexibility index (Phi) is 5.73. The fraction of sp³-hybridized carbons (Fsp3) is 0.280. The molecule has 2 aromatic carbocycles. The molecule has 3 heterocycles. The van der Waals surface area contributed by atoms with E-state index in [1.165, 1.54) is 16.8 Å². The summed E-state index contributed by atoms with van der Waals surface area (Å²) in [6.45, 7) is 1.01. The largest absolute Gasteiger partial charge is 0.445 e. The fourth-order valence-electron chi connectivity index (χ4n) is 4.27. The first-order valence-corrected chi connectivity index (χ1v) is 11.0. The van der Waals surface area contributed by atoms with Crippen LogP contribution in [0.1, 0.15) is 36.0 Å². The number of likely N-dealkylation sites (tertiary alicyclic amines) is 1. The van der Waals surface area contributed by atoms with Crippen LogP contribution in [0.3, 0.4) is 0 Å². The Bertz CT molecular complexity index is 1350. The Balaban J connectivity index is 1.26. The summed E-state index contributed by atoms with van der Waals surface area (Å²) >= 11 is 0. The van der Waals surface area contributed by atoms with Gasteiger partial charge in [-0.3, -0.25) is 9.59 Å². The quantitative estimate of drug-likeness (QED) is 0.469. The van der Waals surface area contributed by atoms with E-state index in [-0.39, 0.29) is 29.7 Å². The molecular weight excluding hydrogens is 423 g/mol. The predicted octanol–water partition coefficient (Wildman–Crippen LogP) is 3.52. The number of hydrogen-bond acceptors (Lipinski definition) is 5. The van der Waals surface area contributed by atoms with Crippen molar-refractivity contribution in [3.05, 3.63) is 94.3 Å². The molecule has 7 nitrogen and oxygen atoms in total. The number of fused-ring (bicyclic) bond motifs is 1. The van der Waals surface area contributed by atoms with Gasteiger partial charge in [0.2, 0.25) is 5.91 Å². The van der Waals surface area contributed by atoms with Crippen LogP contribution in [0.4, 0.5) is 4.39 Å². The lowest BCUT2D eigenvalue weighted by Gasteiger charge is -2.31. The van der Waals surface area contributed by atoms with E-state index in [1.54, 1.807) is 41.6 Å². The van der Waals surface area contributed by atoms with Crippen LogP contribution in [0.5, 0.6) is 0 Å². The van der Waals surface area contributed by atoms with Crippen molar-refractivity contribution in [3.63, 3.8) is 0 Å². The maximum absolute atomic E-state index is 13.1. The lowest BCUT2D eigenvalue weighted by Crippen LogP contribution is -2.42. The van der Waals surface area contributed by atoms with Gasteiger partial charge in [-0.2, -0.15) is 5.10 Å². The number of aromatic nitrogens is 3. The van der Waals surface area contributed by atoms with E-state index < -0.39 is 0 Å². The number of nitrogens with zero attached hydrogens (tertiary/aromatic N) is 4. The van der Waals surface area contributed by atoms with E-state index in [1.807, 2.05) is 12.1 Å². The van der Waals surface area contributed by atoms with Gasteiger partial charge < -0.3 is 9.32 Å². The molecule has 33 heavy (non-hydrogen) atoms. The molecule has 0 bridgehead atoms. The predicted molar refractivity (Wildman–Crippen MR) is 120 cm³/mol. The molecule has 1 aliphatic rings. The van der Waals surface area contributed by atoms with Crippen molar-refractivity contribution in [3.8, 4) is 0 Å². The zero-order valence-electron chi connectivity index (χ0n) is 18.0. The van der Waals surface area contributed by atoms with Gasteiger partial charge in [0.1, 0.15) is 18.1 Å². The first kappa shape index (κ1) is 21.1. The second-order valence-corrected chi connectivity index (χ2v) is 8.34. The molecule has 0 unspecified atom stereocenters. The highest BCUT2D eigenvalue weighted by molar-refractivity contribution is 5.81. The van der Waals surface area contributed by atoms with E-state index in [2.05, 4.69) is 10.1 Å². The maximum Gasteiger partial charge on any atom is 0.275 e. The molecule has 5 rings (SSSR count). The summed E-state index contributed by atoms with van der Waals surface area (Å²) < 4.78 is 20.3. The van der Waals surface area contributed by atoms with Crippen molar-refractivity contribution in [1.29, 1.82) is 0 Å². The van der Waals surface area contributed by atoms with E-state index >= 15 is 0 Å². The van der Waals surface area contributed by atoms with Gasteiger partial charge in [-0.25, -0.2) is 14.1 Å². The molecular formula is C25H23FN4O3. The van der Waals surface area contributed by atoms with Gasteiger partial charge in [-0.15, -0.1) is 0 Å². The zero-order valence-corrected chi connectivity index (χ0v) is 18.0. The summed E-state index contributed by atoms with van der Waals surface area (Å²) in [5, 5.41) is 5.47. The number of amides is 1.